The molecule has 1 atom stereocenters. The van der Waals surface area contributed by atoms with Crippen LogP contribution in [0.2, 0.25) is 0 Å². The van der Waals surface area contributed by atoms with Gasteiger partial charge in [-0.1, -0.05) is 72.3 Å². The molecule has 0 saturated carbocycles. The van der Waals surface area contributed by atoms with E-state index in [0.29, 0.717) is 24.6 Å². The van der Waals surface area contributed by atoms with Crippen molar-refractivity contribution in [2.45, 2.75) is 51.6 Å². The molecule has 9 heteroatoms. The number of carbonyl (C=O) groups excluding carboxylic acids is 2. The molecular formula is C36H41N3O5S. The minimum absolute atomic E-state index is 0.0225. The maximum absolute atomic E-state index is 14.5. The summed E-state index contributed by atoms with van der Waals surface area (Å²) in [5.41, 5.74) is 4.00. The van der Waals surface area contributed by atoms with E-state index in [1.54, 1.807) is 36.4 Å². The van der Waals surface area contributed by atoms with E-state index < -0.39 is 28.5 Å². The molecule has 0 spiro atoms. The van der Waals surface area contributed by atoms with E-state index in [4.69, 9.17) is 4.74 Å². The van der Waals surface area contributed by atoms with Gasteiger partial charge >= 0.3 is 0 Å². The standard InChI is InChI=1S/C36H41N3O5S/c1-5-37-36(41)34(24-29-13-8-7-9-14-29)38(25-30-15-11-10-12-28(30)4)35(40)26-39(31-18-16-27(3)17-19-31)45(42,43)33-22-20-32(21-23-33)44-6-2/h7-23,34H,5-6,24-26H2,1-4H3,(H,37,41). The summed E-state index contributed by atoms with van der Waals surface area (Å²) in [5, 5.41) is 2.89. The Kier molecular flexibility index (Phi) is 11.4. The minimum atomic E-state index is -4.19. The van der Waals surface area contributed by atoms with Crippen LogP contribution in [0.25, 0.3) is 0 Å². The molecule has 0 saturated heterocycles. The highest BCUT2D eigenvalue weighted by Crippen LogP contribution is 2.27. The molecule has 8 nitrogen and oxygen atoms in total. The predicted octanol–water partition coefficient (Wildman–Crippen LogP) is 5.67. The Morgan fingerprint density at radius 1 is 0.822 bits per heavy atom. The fraction of sp³-hybridized carbons (Fsp3) is 0.278. The zero-order valence-corrected chi connectivity index (χ0v) is 27.1. The minimum Gasteiger partial charge on any atom is -0.494 e. The molecular weight excluding hydrogens is 586 g/mol. The summed E-state index contributed by atoms with van der Waals surface area (Å²) in [7, 11) is -4.19. The summed E-state index contributed by atoms with van der Waals surface area (Å²) in [5.74, 6) is -0.260. The summed E-state index contributed by atoms with van der Waals surface area (Å²) in [6, 6.07) is 29.4. The molecule has 4 aromatic carbocycles. The highest BCUT2D eigenvalue weighted by Gasteiger charge is 2.34. The van der Waals surface area contributed by atoms with Gasteiger partial charge in [-0.15, -0.1) is 0 Å². The first-order valence-electron chi connectivity index (χ1n) is 15.1. The molecule has 4 aromatic rings. The van der Waals surface area contributed by atoms with Crippen molar-refractivity contribution in [3.63, 3.8) is 0 Å². The summed E-state index contributed by atoms with van der Waals surface area (Å²) in [4.78, 5) is 29.6. The normalized spacial score (nSPS) is 11.8. The zero-order chi connectivity index (χ0) is 32.4. The van der Waals surface area contributed by atoms with E-state index in [9.17, 15) is 18.0 Å². The maximum atomic E-state index is 14.5. The molecule has 1 unspecified atom stereocenters. The van der Waals surface area contributed by atoms with Crippen LogP contribution in [0.5, 0.6) is 5.75 Å². The Hall–Kier alpha value is -4.63. The van der Waals surface area contributed by atoms with E-state index in [2.05, 4.69) is 5.32 Å². The third-order valence-corrected chi connectivity index (χ3v) is 9.34. The van der Waals surface area contributed by atoms with Crippen LogP contribution >= 0.6 is 0 Å². The molecule has 45 heavy (non-hydrogen) atoms. The average Bonchev–Trinajstić information content (AvgIpc) is 3.04. The number of rotatable bonds is 14. The first kappa shape index (κ1) is 33.3. The Morgan fingerprint density at radius 2 is 1.47 bits per heavy atom. The topological polar surface area (TPSA) is 96.0 Å². The van der Waals surface area contributed by atoms with Gasteiger partial charge in [-0.2, -0.15) is 0 Å². The Labute approximate surface area is 266 Å². The van der Waals surface area contributed by atoms with Gasteiger partial charge in [0.2, 0.25) is 11.8 Å². The summed E-state index contributed by atoms with van der Waals surface area (Å²) in [6.45, 7) is 7.99. The molecule has 4 rings (SSSR count). The van der Waals surface area contributed by atoms with Crippen LogP contribution in [0.3, 0.4) is 0 Å². The van der Waals surface area contributed by atoms with Crippen molar-refractivity contribution < 1.29 is 22.7 Å². The molecule has 0 aliphatic heterocycles. The van der Waals surface area contributed by atoms with Crippen molar-refractivity contribution in [2.24, 2.45) is 0 Å². The number of hydrogen-bond donors (Lipinski definition) is 1. The van der Waals surface area contributed by atoms with E-state index in [-0.39, 0.29) is 23.8 Å². The van der Waals surface area contributed by atoms with Crippen LogP contribution in [-0.4, -0.2) is 50.9 Å². The number of ether oxygens (including phenoxy) is 1. The molecule has 0 fully saturated rings. The van der Waals surface area contributed by atoms with E-state index in [0.717, 1.165) is 26.6 Å². The largest absolute Gasteiger partial charge is 0.494 e. The van der Waals surface area contributed by atoms with Gasteiger partial charge in [-0.25, -0.2) is 8.42 Å². The van der Waals surface area contributed by atoms with Gasteiger partial charge in [0.1, 0.15) is 18.3 Å². The fourth-order valence-corrected chi connectivity index (χ4v) is 6.47. The second-order valence-electron chi connectivity index (χ2n) is 10.8. The maximum Gasteiger partial charge on any atom is 0.264 e. The number of nitrogens with zero attached hydrogens (tertiary/aromatic N) is 2. The zero-order valence-electron chi connectivity index (χ0n) is 26.3. The second kappa shape index (κ2) is 15.4. The number of carbonyl (C=O) groups is 2. The van der Waals surface area contributed by atoms with Crippen LogP contribution < -0.4 is 14.4 Å². The van der Waals surface area contributed by atoms with Gasteiger partial charge in [0.15, 0.2) is 0 Å². The Bertz CT molecular complexity index is 1670. The Balaban J connectivity index is 1.79. The fourth-order valence-electron chi connectivity index (χ4n) is 5.06. The van der Waals surface area contributed by atoms with Crippen molar-refractivity contribution in [3.8, 4) is 5.75 Å². The van der Waals surface area contributed by atoms with Gasteiger partial charge in [0, 0.05) is 19.5 Å². The average molecular weight is 628 g/mol. The third-order valence-electron chi connectivity index (χ3n) is 7.55. The van der Waals surface area contributed by atoms with Gasteiger partial charge in [0.25, 0.3) is 10.0 Å². The number of sulfonamides is 1. The number of anilines is 1. The number of nitrogens with one attached hydrogen (secondary N) is 1. The van der Waals surface area contributed by atoms with E-state index >= 15 is 0 Å². The molecule has 0 bridgehead atoms. The van der Waals surface area contributed by atoms with E-state index in [1.807, 2.05) is 82.3 Å². The van der Waals surface area contributed by atoms with Crippen LogP contribution in [0.4, 0.5) is 5.69 Å². The molecule has 236 valence electrons. The van der Waals surface area contributed by atoms with Gasteiger partial charge < -0.3 is 15.0 Å². The lowest BCUT2D eigenvalue weighted by Crippen LogP contribution is -2.53. The molecule has 2 amide bonds. The third kappa shape index (κ3) is 8.51. The van der Waals surface area contributed by atoms with Gasteiger partial charge in [-0.05, 0) is 80.8 Å². The van der Waals surface area contributed by atoms with E-state index in [1.165, 1.54) is 17.0 Å². The van der Waals surface area contributed by atoms with Gasteiger partial charge in [0.05, 0.1) is 17.2 Å². The molecule has 0 radical (unpaired) electrons. The lowest BCUT2D eigenvalue weighted by molar-refractivity contribution is -0.140. The van der Waals surface area contributed by atoms with Crippen LogP contribution in [0.15, 0.2) is 108 Å². The molecule has 0 aliphatic rings. The summed E-state index contributed by atoms with van der Waals surface area (Å²) in [6.07, 6.45) is 0.264. The van der Waals surface area contributed by atoms with Crippen molar-refractivity contribution >= 4 is 27.5 Å². The SMILES string of the molecule is CCNC(=O)C(Cc1ccccc1)N(Cc1ccccc1C)C(=O)CN(c1ccc(C)cc1)S(=O)(=O)c1ccc(OCC)cc1. The summed E-state index contributed by atoms with van der Waals surface area (Å²) >= 11 is 0. The van der Waals surface area contributed by atoms with Crippen molar-refractivity contribution in [2.75, 3.05) is 24.0 Å². The number of likely N-dealkylation sites (N-methyl/N-ethyl adjacent to an activating group) is 1. The highest BCUT2D eigenvalue weighted by molar-refractivity contribution is 7.92. The number of benzene rings is 4. The summed E-state index contributed by atoms with van der Waals surface area (Å²) < 4.78 is 35.0. The molecule has 1 N–H and O–H groups in total. The second-order valence-corrected chi connectivity index (χ2v) is 12.7. The van der Waals surface area contributed by atoms with Gasteiger partial charge in [-0.3, -0.25) is 13.9 Å². The predicted molar refractivity (Wildman–Crippen MR) is 178 cm³/mol. The first-order chi connectivity index (χ1) is 21.6. The number of hydrogen-bond acceptors (Lipinski definition) is 5. The smallest absolute Gasteiger partial charge is 0.264 e. The van der Waals surface area contributed by atoms with Crippen molar-refractivity contribution in [1.29, 1.82) is 0 Å². The quantitative estimate of drug-likeness (QED) is 0.194. The lowest BCUT2D eigenvalue weighted by Gasteiger charge is -2.34. The molecule has 0 aromatic heterocycles. The van der Waals surface area contributed by atoms with Crippen LogP contribution in [-0.2, 0) is 32.6 Å². The first-order valence-corrected chi connectivity index (χ1v) is 16.6. The van der Waals surface area contributed by atoms with Crippen LogP contribution in [0, 0.1) is 13.8 Å². The molecule has 0 aliphatic carbocycles. The van der Waals surface area contributed by atoms with Crippen molar-refractivity contribution in [3.05, 3.63) is 125 Å². The number of aryl methyl sites for hydroxylation is 2. The molecule has 0 heterocycles. The van der Waals surface area contributed by atoms with Crippen LogP contribution in [0.1, 0.15) is 36.1 Å². The Morgan fingerprint density at radius 3 is 2.09 bits per heavy atom. The lowest BCUT2D eigenvalue weighted by atomic mass is 10.0. The monoisotopic (exact) mass is 627 g/mol. The highest BCUT2D eigenvalue weighted by atomic mass is 32.2. The number of amides is 2. The van der Waals surface area contributed by atoms with Crippen molar-refractivity contribution in [1.82, 2.24) is 10.2 Å².